The lowest BCUT2D eigenvalue weighted by molar-refractivity contribution is -0.385. The van der Waals surface area contributed by atoms with Crippen molar-refractivity contribution in [3.05, 3.63) is 88.4 Å². The van der Waals surface area contributed by atoms with Crippen molar-refractivity contribution in [2.75, 3.05) is 5.32 Å². The van der Waals surface area contributed by atoms with Crippen LogP contribution in [0.15, 0.2) is 66.9 Å². The van der Waals surface area contributed by atoms with E-state index in [-0.39, 0.29) is 23.9 Å². The minimum absolute atomic E-state index is 0.112. The van der Waals surface area contributed by atoms with Crippen molar-refractivity contribution in [2.45, 2.75) is 12.8 Å². The molecule has 0 atom stereocenters. The quantitative estimate of drug-likeness (QED) is 0.481. The lowest BCUT2D eigenvalue weighted by Crippen LogP contribution is -2.12. The summed E-state index contributed by atoms with van der Waals surface area (Å²) in [4.78, 5) is 25.9. The van der Waals surface area contributed by atoms with Gasteiger partial charge in [0.15, 0.2) is 0 Å². The number of carbonyl (C=O) groups is 1. The third-order valence-corrected chi connectivity index (χ3v) is 3.83. The molecular formula is C20H16FN3O4. The third kappa shape index (κ3) is 5.34. The van der Waals surface area contributed by atoms with Crippen molar-refractivity contribution >= 4 is 17.3 Å². The predicted octanol–water partition coefficient (Wildman–Crippen LogP) is 4.49. The Kier molecular flexibility index (Phi) is 5.91. The standard InChI is InChI=1S/C20H16FN3O4/c21-15-2-1-3-16(12-15)23-19(25)10-6-14-4-8-18(9-5-14)28-20-11-7-17(13-22-20)24(26)27/h1-5,7-9,11-13H,6,10H2,(H,23,25). The van der Waals surface area contributed by atoms with Crippen LogP contribution in [0.4, 0.5) is 15.8 Å². The van der Waals surface area contributed by atoms with Gasteiger partial charge in [0.05, 0.1) is 4.92 Å². The third-order valence-electron chi connectivity index (χ3n) is 3.83. The first-order valence-corrected chi connectivity index (χ1v) is 8.42. The monoisotopic (exact) mass is 381 g/mol. The largest absolute Gasteiger partial charge is 0.439 e. The van der Waals surface area contributed by atoms with Crippen LogP contribution in [-0.2, 0) is 11.2 Å². The molecule has 0 aliphatic carbocycles. The van der Waals surface area contributed by atoms with Crippen molar-refractivity contribution in [3.63, 3.8) is 0 Å². The van der Waals surface area contributed by atoms with E-state index in [9.17, 15) is 19.3 Å². The Labute approximate surface area is 160 Å². The maximum Gasteiger partial charge on any atom is 0.287 e. The molecule has 0 bridgehead atoms. The van der Waals surface area contributed by atoms with E-state index < -0.39 is 10.7 Å². The molecule has 0 saturated heterocycles. The Balaban J connectivity index is 1.51. The normalized spacial score (nSPS) is 10.3. The van der Waals surface area contributed by atoms with Crippen LogP contribution in [0, 0.1) is 15.9 Å². The zero-order valence-corrected chi connectivity index (χ0v) is 14.7. The molecule has 0 fully saturated rings. The highest BCUT2D eigenvalue weighted by Gasteiger charge is 2.07. The summed E-state index contributed by atoms with van der Waals surface area (Å²) in [6.07, 6.45) is 1.89. The SMILES string of the molecule is O=C(CCc1ccc(Oc2ccc([N+](=O)[O-])cn2)cc1)Nc1cccc(F)c1. The second-order valence-electron chi connectivity index (χ2n) is 5.92. The molecule has 8 heteroatoms. The highest BCUT2D eigenvalue weighted by molar-refractivity contribution is 5.90. The molecule has 142 valence electrons. The molecule has 28 heavy (non-hydrogen) atoms. The highest BCUT2D eigenvalue weighted by Crippen LogP contribution is 2.22. The summed E-state index contributed by atoms with van der Waals surface area (Å²) in [6.45, 7) is 0. The van der Waals surface area contributed by atoms with Crippen LogP contribution in [-0.4, -0.2) is 15.8 Å². The van der Waals surface area contributed by atoms with Gasteiger partial charge in [-0.05, 0) is 42.3 Å². The number of halogens is 1. The van der Waals surface area contributed by atoms with Crippen molar-refractivity contribution in [2.24, 2.45) is 0 Å². The summed E-state index contributed by atoms with van der Waals surface area (Å²) in [7, 11) is 0. The van der Waals surface area contributed by atoms with Crippen LogP contribution in [0.25, 0.3) is 0 Å². The summed E-state index contributed by atoms with van der Waals surface area (Å²) >= 11 is 0. The summed E-state index contributed by atoms with van der Waals surface area (Å²) in [5, 5.41) is 13.3. The second-order valence-corrected chi connectivity index (χ2v) is 5.92. The molecule has 0 saturated carbocycles. The minimum Gasteiger partial charge on any atom is -0.439 e. The molecule has 1 amide bonds. The molecule has 7 nitrogen and oxygen atoms in total. The molecule has 1 heterocycles. The molecule has 0 aliphatic heterocycles. The number of carbonyl (C=O) groups excluding carboxylic acids is 1. The molecule has 0 spiro atoms. The zero-order chi connectivity index (χ0) is 19.9. The number of aryl methyl sites for hydroxylation is 1. The molecule has 3 rings (SSSR count). The van der Waals surface area contributed by atoms with Gasteiger partial charge >= 0.3 is 0 Å². The van der Waals surface area contributed by atoms with E-state index in [1.54, 1.807) is 18.2 Å². The lowest BCUT2D eigenvalue weighted by Gasteiger charge is -2.07. The number of nitrogens with zero attached hydrogens (tertiary/aromatic N) is 2. The molecule has 0 aliphatic rings. The Morgan fingerprint density at radius 3 is 2.57 bits per heavy atom. The van der Waals surface area contributed by atoms with Crippen molar-refractivity contribution in [3.8, 4) is 11.6 Å². The number of nitro groups is 1. The van der Waals surface area contributed by atoms with Gasteiger partial charge < -0.3 is 10.1 Å². The van der Waals surface area contributed by atoms with E-state index in [4.69, 9.17) is 4.74 Å². The van der Waals surface area contributed by atoms with Crippen LogP contribution >= 0.6 is 0 Å². The summed E-state index contributed by atoms with van der Waals surface area (Å²) in [5.74, 6) is 0.152. The van der Waals surface area contributed by atoms with Gasteiger partial charge in [-0.3, -0.25) is 14.9 Å². The summed E-state index contributed by atoms with van der Waals surface area (Å²) in [6, 6.07) is 15.5. The average Bonchev–Trinajstić information content (AvgIpc) is 2.68. The van der Waals surface area contributed by atoms with Gasteiger partial charge in [0, 0.05) is 24.2 Å². The van der Waals surface area contributed by atoms with E-state index >= 15 is 0 Å². The van der Waals surface area contributed by atoms with Gasteiger partial charge in [-0.15, -0.1) is 0 Å². The summed E-state index contributed by atoms with van der Waals surface area (Å²) < 4.78 is 18.7. The number of pyridine rings is 1. The number of nitrogens with one attached hydrogen (secondary N) is 1. The highest BCUT2D eigenvalue weighted by atomic mass is 19.1. The maximum absolute atomic E-state index is 13.1. The van der Waals surface area contributed by atoms with Crippen LogP contribution < -0.4 is 10.1 Å². The molecule has 3 aromatic rings. The van der Waals surface area contributed by atoms with Crippen molar-refractivity contribution < 1.29 is 18.8 Å². The average molecular weight is 381 g/mol. The Hall–Kier alpha value is -3.81. The van der Waals surface area contributed by atoms with Gasteiger partial charge in [-0.25, -0.2) is 9.37 Å². The van der Waals surface area contributed by atoms with Gasteiger partial charge in [0.2, 0.25) is 11.8 Å². The van der Waals surface area contributed by atoms with Gasteiger partial charge in [-0.1, -0.05) is 18.2 Å². The molecule has 0 unspecified atom stereocenters. The number of hydrogen-bond acceptors (Lipinski definition) is 5. The van der Waals surface area contributed by atoms with Gasteiger partial charge in [0.1, 0.15) is 17.8 Å². The first-order valence-electron chi connectivity index (χ1n) is 8.42. The number of anilines is 1. The lowest BCUT2D eigenvalue weighted by atomic mass is 10.1. The van der Waals surface area contributed by atoms with Crippen molar-refractivity contribution in [1.82, 2.24) is 4.98 Å². The molecule has 0 radical (unpaired) electrons. The maximum atomic E-state index is 13.1. The van der Waals surface area contributed by atoms with Crippen LogP contribution in [0.1, 0.15) is 12.0 Å². The summed E-state index contributed by atoms with van der Waals surface area (Å²) in [5.41, 5.74) is 1.24. The van der Waals surface area contributed by atoms with E-state index in [0.29, 0.717) is 17.9 Å². The van der Waals surface area contributed by atoms with E-state index in [0.717, 1.165) is 11.8 Å². The fourth-order valence-electron chi connectivity index (χ4n) is 2.43. The van der Waals surface area contributed by atoms with Crippen LogP contribution in [0.5, 0.6) is 11.6 Å². The first-order chi connectivity index (χ1) is 13.5. The second kappa shape index (κ2) is 8.72. The molecule has 1 N–H and O–H groups in total. The number of benzene rings is 2. The van der Waals surface area contributed by atoms with E-state index in [1.807, 2.05) is 12.1 Å². The topological polar surface area (TPSA) is 94.4 Å². The van der Waals surface area contributed by atoms with Crippen molar-refractivity contribution in [1.29, 1.82) is 0 Å². The first kappa shape index (κ1) is 19.0. The predicted molar refractivity (Wildman–Crippen MR) is 101 cm³/mol. The van der Waals surface area contributed by atoms with Gasteiger partial charge in [-0.2, -0.15) is 0 Å². The Morgan fingerprint density at radius 2 is 1.93 bits per heavy atom. The van der Waals surface area contributed by atoms with E-state index in [2.05, 4.69) is 10.3 Å². The van der Waals surface area contributed by atoms with E-state index in [1.165, 1.54) is 30.3 Å². The fourth-order valence-corrected chi connectivity index (χ4v) is 2.43. The Morgan fingerprint density at radius 1 is 1.14 bits per heavy atom. The number of ether oxygens (including phenoxy) is 1. The molecule has 1 aromatic heterocycles. The smallest absolute Gasteiger partial charge is 0.287 e. The molecule has 2 aromatic carbocycles. The Bertz CT molecular complexity index is 976. The molecular weight excluding hydrogens is 365 g/mol. The number of hydrogen-bond donors (Lipinski definition) is 1. The number of aromatic nitrogens is 1. The van der Waals surface area contributed by atoms with Crippen LogP contribution in [0.2, 0.25) is 0 Å². The number of amides is 1. The minimum atomic E-state index is -0.532. The van der Waals surface area contributed by atoms with Gasteiger partial charge in [0.25, 0.3) is 5.69 Å². The zero-order valence-electron chi connectivity index (χ0n) is 14.7. The number of rotatable bonds is 7. The van der Waals surface area contributed by atoms with Crippen LogP contribution in [0.3, 0.4) is 0 Å². The fraction of sp³-hybridized carbons (Fsp3) is 0.100.